The highest BCUT2D eigenvalue weighted by molar-refractivity contribution is 6.16. The van der Waals surface area contributed by atoms with Gasteiger partial charge in [0, 0.05) is 23.6 Å². The second-order valence-corrected chi connectivity index (χ2v) is 12.8. The van der Waals surface area contributed by atoms with Gasteiger partial charge in [-0.1, -0.05) is 55.8 Å². The molecule has 1 aliphatic heterocycles. The van der Waals surface area contributed by atoms with Gasteiger partial charge < -0.3 is 9.84 Å². The number of benzene rings is 2. The van der Waals surface area contributed by atoms with Crippen LogP contribution < -0.4 is 11.0 Å². The van der Waals surface area contributed by atoms with Gasteiger partial charge in [-0.2, -0.15) is 15.2 Å². The zero-order valence-electron chi connectivity index (χ0n) is 26.6. The summed E-state index contributed by atoms with van der Waals surface area (Å²) in [6.45, 7) is 4.42. The number of fused-ring (bicyclic) bond motifs is 1. The molecule has 0 bridgehead atoms. The fourth-order valence-corrected chi connectivity index (χ4v) is 6.56. The fraction of sp³-hybridized carbons (Fsp3) is 0.457. The molecule has 1 atom stereocenters. The first-order valence-corrected chi connectivity index (χ1v) is 16.1. The number of halogens is 1. The zero-order valence-corrected chi connectivity index (χ0v) is 26.6. The molecule has 242 valence electrons. The van der Waals surface area contributed by atoms with Crippen molar-refractivity contribution >= 4 is 17.4 Å². The van der Waals surface area contributed by atoms with Gasteiger partial charge in [-0.25, -0.2) is 14.3 Å². The summed E-state index contributed by atoms with van der Waals surface area (Å²) in [6.07, 6.45) is 4.71. The van der Waals surface area contributed by atoms with Gasteiger partial charge in [0.25, 0.3) is 5.56 Å². The van der Waals surface area contributed by atoms with Gasteiger partial charge in [0.2, 0.25) is 11.7 Å². The van der Waals surface area contributed by atoms with Gasteiger partial charge in [0.15, 0.2) is 0 Å². The molecule has 0 radical (unpaired) electrons. The summed E-state index contributed by atoms with van der Waals surface area (Å²) in [5.74, 6) is 0.996. The Labute approximate surface area is 267 Å². The Morgan fingerprint density at radius 2 is 1.85 bits per heavy atom. The number of nitrogens with zero attached hydrogens (tertiary/aromatic N) is 5. The Morgan fingerprint density at radius 3 is 2.52 bits per heavy atom. The van der Waals surface area contributed by atoms with Crippen molar-refractivity contribution in [1.29, 1.82) is 0 Å². The van der Waals surface area contributed by atoms with E-state index in [4.69, 9.17) is 14.8 Å². The second-order valence-electron chi connectivity index (χ2n) is 12.8. The van der Waals surface area contributed by atoms with Crippen molar-refractivity contribution in [1.82, 2.24) is 24.6 Å². The lowest BCUT2D eigenvalue weighted by Crippen LogP contribution is -2.38. The molecule has 46 heavy (non-hydrogen) atoms. The highest BCUT2D eigenvalue weighted by Crippen LogP contribution is 2.32. The molecule has 4 aromatic rings. The van der Waals surface area contributed by atoms with E-state index in [1.165, 1.54) is 6.92 Å². The predicted octanol–water partition coefficient (Wildman–Crippen LogP) is 4.85. The number of hydrogen-bond donors (Lipinski definition) is 2. The Bertz CT molecular complexity index is 1820. The minimum atomic E-state index is -1.50. The summed E-state index contributed by atoms with van der Waals surface area (Å²) in [7, 11) is 0. The van der Waals surface area contributed by atoms with E-state index in [0.717, 1.165) is 34.4 Å². The molecule has 3 heterocycles. The molecule has 1 fully saturated rings. The van der Waals surface area contributed by atoms with E-state index in [1.807, 2.05) is 64.5 Å². The number of nitrogens with one attached hydrogen (secondary N) is 1. The standard InChI is InChI=1S/C35H41FN6O4/c1-4-8-31-29(18-23-11-16-27(24-9-6-5-7-10-24)28(17-23)30-19-32(43)39-38-30)33(44)41(34-37-22(2)40-42(31)34)25-12-14-26(15-13-25)46-21-35(3,45)20-36/h5-7,9-11,16-17,25-26,45H,4,8,12-15,18-21H2,1-3H3,(H,39,43). The predicted molar refractivity (Wildman–Crippen MR) is 174 cm³/mol. The summed E-state index contributed by atoms with van der Waals surface area (Å²) >= 11 is 0. The molecule has 2 aliphatic rings. The average Bonchev–Trinajstić information content (AvgIpc) is 3.67. The second kappa shape index (κ2) is 13.3. The molecule has 10 nitrogen and oxygen atoms in total. The summed E-state index contributed by atoms with van der Waals surface area (Å²) in [5, 5.41) is 19.1. The van der Waals surface area contributed by atoms with Crippen molar-refractivity contribution in [2.45, 2.75) is 89.9 Å². The molecule has 2 aromatic carbocycles. The summed E-state index contributed by atoms with van der Waals surface area (Å²) in [4.78, 5) is 31.4. The van der Waals surface area contributed by atoms with Crippen LogP contribution in [0.3, 0.4) is 0 Å². The van der Waals surface area contributed by atoms with Crippen LogP contribution in [0.1, 0.15) is 86.6 Å². The maximum Gasteiger partial charge on any atom is 0.259 e. The third kappa shape index (κ3) is 6.52. The van der Waals surface area contributed by atoms with E-state index in [0.29, 0.717) is 61.4 Å². The van der Waals surface area contributed by atoms with Crippen molar-refractivity contribution < 1.29 is 19.0 Å². The quantitative estimate of drug-likeness (QED) is 0.245. The lowest BCUT2D eigenvalue weighted by Gasteiger charge is -2.32. The van der Waals surface area contributed by atoms with Crippen LogP contribution in [0.5, 0.6) is 0 Å². The number of hydrogen-bond acceptors (Lipinski definition) is 7. The molecular formula is C35H41FN6O4. The molecule has 6 rings (SSSR count). The fourth-order valence-electron chi connectivity index (χ4n) is 6.56. The number of aromatic nitrogens is 4. The van der Waals surface area contributed by atoms with Gasteiger partial charge in [-0.05, 0) is 68.7 Å². The molecular weight excluding hydrogens is 587 g/mol. The van der Waals surface area contributed by atoms with Gasteiger partial charge >= 0.3 is 0 Å². The molecule has 0 spiro atoms. The number of alkyl halides is 1. The van der Waals surface area contributed by atoms with E-state index in [-0.39, 0.29) is 36.6 Å². The third-order valence-corrected chi connectivity index (χ3v) is 8.91. The summed E-state index contributed by atoms with van der Waals surface area (Å²) in [5.41, 5.74) is 7.00. The summed E-state index contributed by atoms with van der Waals surface area (Å²) < 4.78 is 22.6. The van der Waals surface area contributed by atoms with Crippen molar-refractivity contribution in [3.05, 3.63) is 87.1 Å². The number of hydrazone groups is 1. The SMILES string of the molecule is CCCc1c(Cc2ccc(-c3ccccc3)c(C3=NNC(=O)C3)c2)c(=O)n(C2CCC(OCC(C)(O)CF)CC2)c2nc(C)nn12. The first kappa shape index (κ1) is 31.7. The Balaban J connectivity index is 1.38. The van der Waals surface area contributed by atoms with E-state index < -0.39 is 12.3 Å². The maximum atomic E-state index is 14.5. The number of aryl methyl sites for hydroxylation is 2. The number of ether oxygens (including phenoxy) is 1. The van der Waals surface area contributed by atoms with Crippen molar-refractivity contribution in [2.75, 3.05) is 13.3 Å². The topological polar surface area (TPSA) is 123 Å². The number of carbonyl (C=O) groups is 1. The lowest BCUT2D eigenvalue weighted by atomic mass is 9.91. The van der Waals surface area contributed by atoms with Crippen molar-refractivity contribution in [2.24, 2.45) is 5.10 Å². The van der Waals surface area contributed by atoms with Gasteiger partial charge in [0.05, 0.1) is 30.5 Å². The minimum Gasteiger partial charge on any atom is -0.385 e. The molecule has 1 unspecified atom stereocenters. The Morgan fingerprint density at radius 1 is 1.09 bits per heavy atom. The first-order valence-electron chi connectivity index (χ1n) is 16.1. The highest BCUT2D eigenvalue weighted by Gasteiger charge is 2.30. The molecule has 2 aromatic heterocycles. The molecule has 1 saturated carbocycles. The van der Waals surface area contributed by atoms with Crippen LogP contribution in [0.15, 0.2) is 58.4 Å². The zero-order chi connectivity index (χ0) is 32.4. The molecule has 2 N–H and O–H groups in total. The normalized spacial score (nSPS) is 19.7. The average molecular weight is 629 g/mol. The number of amides is 1. The van der Waals surface area contributed by atoms with Crippen LogP contribution in [-0.4, -0.2) is 60.9 Å². The van der Waals surface area contributed by atoms with E-state index in [2.05, 4.69) is 17.5 Å². The van der Waals surface area contributed by atoms with E-state index in [1.54, 1.807) is 0 Å². The van der Waals surface area contributed by atoms with E-state index >= 15 is 0 Å². The first-order chi connectivity index (χ1) is 22.2. The molecule has 11 heteroatoms. The van der Waals surface area contributed by atoms with Gasteiger partial charge in [-0.3, -0.25) is 14.2 Å². The van der Waals surface area contributed by atoms with Crippen LogP contribution in [0.25, 0.3) is 16.9 Å². The van der Waals surface area contributed by atoms with Crippen LogP contribution in [0.4, 0.5) is 4.39 Å². The molecule has 1 aliphatic carbocycles. The minimum absolute atomic E-state index is 0.0655. The molecule has 1 amide bonds. The number of rotatable bonds is 11. The number of carbonyl (C=O) groups excluding carboxylic acids is 1. The monoisotopic (exact) mass is 628 g/mol. The van der Waals surface area contributed by atoms with Gasteiger partial charge in [0.1, 0.15) is 18.1 Å². The van der Waals surface area contributed by atoms with Crippen molar-refractivity contribution in [3.8, 4) is 11.1 Å². The smallest absolute Gasteiger partial charge is 0.259 e. The number of aliphatic hydroxyl groups is 1. The third-order valence-electron chi connectivity index (χ3n) is 8.91. The Kier molecular flexibility index (Phi) is 9.15. The van der Waals surface area contributed by atoms with Crippen LogP contribution >= 0.6 is 0 Å². The maximum absolute atomic E-state index is 14.5. The van der Waals surface area contributed by atoms with Crippen LogP contribution in [-0.2, 0) is 22.4 Å². The largest absolute Gasteiger partial charge is 0.385 e. The lowest BCUT2D eigenvalue weighted by molar-refractivity contribution is -0.119. The van der Waals surface area contributed by atoms with Crippen molar-refractivity contribution in [3.63, 3.8) is 0 Å². The molecule has 0 saturated heterocycles. The van der Waals surface area contributed by atoms with E-state index in [9.17, 15) is 19.1 Å². The Hall–Kier alpha value is -4.22. The van der Waals surface area contributed by atoms with Crippen LogP contribution in [0.2, 0.25) is 0 Å². The highest BCUT2D eigenvalue weighted by atomic mass is 19.1. The van der Waals surface area contributed by atoms with Crippen LogP contribution in [0, 0.1) is 6.92 Å². The van der Waals surface area contributed by atoms with Gasteiger partial charge in [-0.15, -0.1) is 0 Å². The summed E-state index contributed by atoms with van der Waals surface area (Å²) in [6, 6.07) is 16.0.